The van der Waals surface area contributed by atoms with Crippen molar-refractivity contribution < 1.29 is 4.79 Å². The predicted octanol–water partition coefficient (Wildman–Crippen LogP) is 5.25. The molecular weight excluding hydrogens is 404 g/mol. The largest absolute Gasteiger partial charge is 0.340 e. The number of carbonyl (C=O) groups excluding carboxylic acids is 1. The summed E-state index contributed by atoms with van der Waals surface area (Å²) in [6.07, 6.45) is 6.67. The van der Waals surface area contributed by atoms with Crippen LogP contribution in [0.15, 0.2) is 78.7 Å². The normalized spacial score (nSPS) is 11.9. The molecule has 2 aromatic heterocycles. The van der Waals surface area contributed by atoms with Gasteiger partial charge in [0.05, 0.1) is 12.6 Å². The van der Waals surface area contributed by atoms with Crippen LogP contribution in [0.5, 0.6) is 0 Å². The van der Waals surface area contributed by atoms with Crippen molar-refractivity contribution in [2.24, 2.45) is 0 Å². The second-order valence-corrected chi connectivity index (χ2v) is 8.54. The van der Waals surface area contributed by atoms with Gasteiger partial charge in [0, 0.05) is 10.4 Å². The molecule has 0 bridgehead atoms. The van der Waals surface area contributed by atoms with Gasteiger partial charge in [-0.3, -0.25) is 4.79 Å². The number of hydrogen-bond acceptors (Lipinski definition) is 4. The Bertz CT molecular complexity index is 1070. The van der Waals surface area contributed by atoms with Crippen LogP contribution in [0.2, 0.25) is 0 Å². The number of nitrogens with zero attached hydrogens (tertiary/aromatic N) is 3. The van der Waals surface area contributed by atoms with Crippen molar-refractivity contribution in [3.05, 3.63) is 106 Å². The van der Waals surface area contributed by atoms with Gasteiger partial charge in [-0.15, -0.1) is 11.3 Å². The lowest BCUT2D eigenvalue weighted by Gasteiger charge is -2.19. The highest BCUT2D eigenvalue weighted by Crippen LogP contribution is 2.27. The number of rotatable bonds is 9. The number of benzene rings is 2. The summed E-state index contributed by atoms with van der Waals surface area (Å²) in [5.74, 6) is -0.0826. The van der Waals surface area contributed by atoms with E-state index in [4.69, 9.17) is 0 Å². The molecule has 0 spiro atoms. The predicted molar refractivity (Wildman–Crippen MR) is 124 cm³/mol. The minimum atomic E-state index is -0.164. The van der Waals surface area contributed by atoms with Crippen LogP contribution >= 0.6 is 11.3 Å². The van der Waals surface area contributed by atoms with Gasteiger partial charge in [-0.05, 0) is 53.1 Å². The number of nitrogens with one attached hydrogen (secondary N) is 1. The summed E-state index contributed by atoms with van der Waals surface area (Å²) >= 11 is 1.66. The molecule has 1 atom stereocenters. The van der Waals surface area contributed by atoms with Crippen molar-refractivity contribution in [3.63, 3.8) is 0 Å². The molecule has 158 valence electrons. The summed E-state index contributed by atoms with van der Waals surface area (Å²) < 4.78 is 1.76. The van der Waals surface area contributed by atoms with E-state index in [1.165, 1.54) is 24.7 Å². The van der Waals surface area contributed by atoms with Crippen molar-refractivity contribution in [1.29, 1.82) is 0 Å². The van der Waals surface area contributed by atoms with Crippen molar-refractivity contribution in [2.75, 3.05) is 0 Å². The highest BCUT2D eigenvalue weighted by atomic mass is 32.1. The molecule has 4 aromatic rings. The van der Waals surface area contributed by atoms with E-state index in [1.54, 1.807) is 22.3 Å². The molecule has 1 N–H and O–H groups in total. The Kier molecular flexibility index (Phi) is 6.89. The molecule has 5 nitrogen and oxygen atoms in total. The van der Waals surface area contributed by atoms with Crippen molar-refractivity contribution >= 4 is 17.2 Å². The van der Waals surface area contributed by atoms with Crippen LogP contribution in [0.3, 0.4) is 0 Å². The average molecular weight is 431 g/mol. The molecule has 0 radical (unpaired) electrons. The third-order valence-corrected chi connectivity index (χ3v) is 6.20. The zero-order chi connectivity index (χ0) is 21.5. The SMILES string of the molecule is CCCCc1ccc(C(NC(=O)c2ccc(Cn3cncn3)cc2)c2cccs2)cc1. The molecule has 1 unspecified atom stereocenters. The maximum atomic E-state index is 13.0. The molecule has 0 aliphatic rings. The second-order valence-electron chi connectivity index (χ2n) is 7.56. The Morgan fingerprint density at radius 3 is 2.48 bits per heavy atom. The molecule has 0 fully saturated rings. The first-order valence-corrected chi connectivity index (χ1v) is 11.5. The highest BCUT2D eigenvalue weighted by molar-refractivity contribution is 7.10. The molecule has 31 heavy (non-hydrogen) atoms. The lowest BCUT2D eigenvalue weighted by Crippen LogP contribution is -2.28. The quantitative estimate of drug-likeness (QED) is 0.394. The minimum absolute atomic E-state index is 0.0826. The van der Waals surface area contributed by atoms with Crippen LogP contribution in [0, 0.1) is 0 Å². The van der Waals surface area contributed by atoms with Gasteiger partial charge in [-0.1, -0.05) is 55.8 Å². The summed E-state index contributed by atoms with van der Waals surface area (Å²) in [7, 11) is 0. The number of aromatic nitrogens is 3. The summed E-state index contributed by atoms with van der Waals surface area (Å²) in [5.41, 5.74) is 4.15. The van der Waals surface area contributed by atoms with Crippen molar-refractivity contribution in [2.45, 2.75) is 38.8 Å². The molecule has 0 saturated carbocycles. The number of thiophene rings is 1. The Morgan fingerprint density at radius 2 is 1.84 bits per heavy atom. The fraction of sp³-hybridized carbons (Fsp3) is 0.240. The molecule has 4 rings (SSSR count). The second kappa shape index (κ2) is 10.2. The van der Waals surface area contributed by atoms with Crippen molar-refractivity contribution in [3.8, 4) is 0 Å². The molecule has 0 aliphatic carbocycles. The van der Waals surface area contributed by atoms with Crippen LogP contribution in [0.4, 0.5) is 0 Å². The smallest absolute Gasteiger partial charge is 0.252 e. The van der Waals surface area contributed by atoms with Crippen LogP contribution in [-0.2, 0) is 13.0 Å². The molecule has 2 aromatic carbocycles. The first-order valence-electron chi connectivity index (χ1n) is 10.6. The lowest BCUT2D eigenvalue weighted by atomic mass is 10.0. The van der Waals surface area contributed by atoms with Gasteiger partial charge >= 0.3 is 0 Å². The fourth-order valence-corrected chi connectivity index (χ4v) is 4.31. The highest BCUT2D eigenvalue weighted by Gasteiger charge is 2.19. The summed E-state index contributed by atoms with van der Waals surface area (Å²) in [5, 5.41) is 9.39. The molecule has 1 amide bonds. The Balaban J connectivity index is 1.48. The maximum absolute atomic E-state index is 13.0. The molecule has 0 saturated heterocycles. The van der Waals surface area contributed by atoms with Gasteiger partial charge in [-0.2, -0.15) is 5.10 Å². The first kappa shape index (κ1) is 21.0. The van der Waals surface area contributed by atoms with E-state index < -0.39 is 0 Å². The summed E-state index contributed by atoms with van der Waals surface area (Å²) in [6, 6.07) is 20.2. The van der Waals surface area contributed by atoms with E-state index in [0.717, 1.165) is 22.4 Å². The zero-order valence-electron chi connectivity index (χ0n) is 17.6. The molecule has 0 aliphatic heterocycles. The number of unbranched alkanes of at least 4 members (excludes halogenated alkanes) is 1. The lowest BCUT2D eigenvalue weighted by molar-refractivity contribution is 0.0943. The Hall–Kier alpha value is -3.25. The number of carbonyl (C=O) groups is 1. The monoisotopic (exact) mass is 430 g/mol. The van der Waals surface area contributed by atoms with Gasteiger partial charge < -0.3 is 5.32 Å². The van der Waals surface area contributed by atoms with Gasteiger partial charge in [-0.25, -0.2) is 9.67 Å². The topological polar surface area (TPSA) is 59.8 Å². The van der Waals surface area contributed by atoms with Gasteiger partial charge in [0.15, 0.2) is 0 Å². The number of amides is 1. The maximum Gasteiger partial charge on any atom is 0.252 e. The van der Waals surface area contributed by atoms with Crippen LogP contribution in [0.25, 0.3) is 0 Å². The Labute approximate surface area is 186 Å². The van der Waals surface area contributed by atoms with Crippen molar-refractivity contribution in [1.82, 2.24) is 20.1 Å². The van der Waals surface area contributed by atoms with E-state index in [2.05, 4.69) is 52.7 Å². The molecule has 2 heterocycles. The number of hydrogen-bond donors (Lipinski definition) is 1. The van der Waals surface area contributed by atoms with Gasteiger partial charge in [0.25, 0.3) is 5.91 Å². The fourth-order valence-electron chi connectivity index (χ4n) is 3.51. The first-order chi connectivity index (χ1) is 15.2. The third kappa shape index (κ3) is 5.47. The van der Waals surface area contributed by atoms with Crippen LogP contribution in [0.1, 0.15) is 57.7 Å². The Morgan fingerprint density at radius 1 is 1.06 bits per heavy atom. The standard InChI is InChI=1S/C25H26N4OS/c1-2-3-5-19-7-11-21(12-8-19)24(23-6-4-15-31-23)28-25(30)22-13-9-20(10-14-22)16-29-18-26-17-27-29/h4,6-15,17-18,24H,2-3,5,16H2,1H3,(H,28,30). The van der Waals surface area contributed by atoms with E-state index in [1.807, 2.05) is 35.7 Å². The minimum Gasteiger partial charge on any atom is -0.340 e. The zero-order valence-corrected chi connectivity index (χ0v) is 18.4. The molecule has 6 heteroatoms. The molecular formula is C25H26N4OS. The van der Waals surface area contributed by atoms with Gasteiger partial charge in [0.2, 0.25) is 0 Å². The number of aryl methyl sites for hydroxylation is 1. The van der Waals surface area contributed by atoms with E-state index in [9.17, 15) is 4.79 Å². The van der Waals surface area contributed by atoms with Crippen LogP contribution in [-0.4, -0.2) is 20.7 Å². The average Bonchev–Trinajstić information content (AvgIpc) is 3.51. The van der Waals surface area contributed by atoms with Gasteiger partial charge in [0.1, 0.15) is 12.7 Å². The van der Waals surface area contributed by atoms with E-state index in [-0.39, 0.29) is 11.9 Å². The summed E-state index contributed by atoms with van der Waals surface area (Å²) in [6.45, 7) is 2.84. The van der Waals surface area contributed by atoms with E-state index >= 15 is 0 Å². The summed E-state index contributed by atoms with van der Waals surface area (Å²) in [4.78, 5) is 18.1. The van der Waals surface area contributed by atoms with E-state index in [0.29, 0.717) is 12.1 Å². The third-order valence-electron chi connectivity index (χ3n) is 5.26. The van der Waals surface area contributed by atoms with Crippen LogP contribution < -0.4 is 5.32 Å².